The average molecular weight is 360 g/mol. The number of hydrogen-bond donors (Lipinski definition) is 1. The molecule has 1 amide bonds. The van der Waals surface area contributed by atoms with E-state index >= 15 is 0 Å². The van der Waals surface area contributed by atoms with Crippen LogP contribution in [-0.4, -0.2) is 49.7 Å². The molecule has 1 aromatic heterocycles. The third-order valence-corrected chi connectivity index (χ3v) is 5.44. The fourth-order valence-corrected chi connectivity index (χ4v) is 3.90. The van der Waals surface area contributed by atoms with Gasteiger partial charge in [0.1, 0.15) is 5.76 Å². The molecule has 2 aliphatic heterocycles. The van der Waals surface area contributed by atoms with Crippen LogP contribution in [0.3, 0.4) is 0 Å². The number of ether oxygens (including phenoxy) is 1. The Hall–Kier alpha value is -1.59. The Balaban J connectivity index is 1.29. The molecule has 5 nitrogen and oxygen atoms in total. The van der Waals surface area contributed by atoms with Gasteiger partial charge in [-0.25, -0.2) is 0 Å². The molecule has 3 rings (SSSR count). The number of piperidine rings is 1. The highest BCUT2D eigenvalue weighted by Crippen LogP contribution is 2.23. The van der Waals surface area contributed by atoms with Crippen LogP contribution in [0.15, 0.2) is 28.4 Å². The van der Waals surface area contributed by atoms with E-state index < -0.39 is 0 Å². The SMILES string of the molecule is C/C(=C\c1ccco1)CN1CCC(CCC(=O)NC[C@@H]2CCCO2)CC1. The fraction of sp³-hybridized carbons (Fsp3) is 0.667. The summed E-state index contributed by atoms with van der Waals surface area (Å²) in [7, 11) is 0. The maximum Gasteiger partial charge on any atom is 0.220 e. The van der Waals surface area contributed by atoms with E-state index in [4.69, 9.17) is 9.15 Å². The van der Waals surface area contributed by atoms with Gasteiger partial charge in [0.15, 0.2) is 0 Å². The van der Waals surface area contributed by atoms with Gasteiger partial charge in [0.25, 0.3) is 0 Å². The summed E-state index contributed by atoms with van der Waals surface area (Å²) < 4.78 is 10.9. The first-order chi connectivity index (χ1) is 12.7. The third-order valence-electron chi connectivity index (χ3n) is 5.44. The number of hydrogen-bond acceptors (Lipinski definition) is 4. The Morgan fingerprint density at radius 1 is 1.35 bits per heavy atom. The van der Waals surface area contributed by atoms with E-state index in [1.807, 2.05) is 12.1 Å². The minimum Gasteiger partial charge on any atom is -0.465 e. The van der Waals surface area contributed by atoms with Gasteiger partial charge in [0, 0.05) is 26.1 Å². The third kappa shape index (κ3) is 6.29. The summed E-state index contributed by atoms with van der Waals surface area (Å²) >= 11 is 0. The van der Waals surface area contributed by atoms with E-state index in [9.17, 15) is 4.79 Å². The number of amides is 1. The van der Waals surface area contributed by atoms with Crippen molar-refractivity contribution < 1.29 is 13.9 Å². The van der Waals surface area contributed by atoms with Gasteiger partial charge in [-0.2, -0.15) is 0 Å². The first-order valence-corrected chi connectivity index (χ1v) is 10.0. The highest BCUT2D eigenvalue weighted by Gasteiger charge is 2.21. The predicted molar refractivity (Wildman–Crippen MR) is 103 cm³/mol. The van der Waals surface area contributed by atoms with E-state index in [2.05, 4.69) is 23.2 Å². The van der Waals surface area contributed by atoms with Crippen molar-refractivity contribution in [3.63, 3.8) is 0 Å². The highest BCUT2D eigenvalue weighted by molar-refractivity contribution is 5.75. The number of rotatable bonds is 8. The van der Waals surface area contributed by atoms with Crippen LogP contribution in [0.4, 0.5) is 0 Å². The van der Waals surface area contributed by atoms with Crippen LogP contribution in [-0.2, 0) is 9.53 Å². The molecule has 0 saturated carbocycles. The first-order valence-electron chi connectivity index (χ1n) is 10.0. The number of nitrogens with one attached hydrogen (secondary N) is 1. The summed E-state index contributed by atoms with van der Waals surface area (Å²) in [6, 6.07) is 3.90. The molecule has 2 saturated heterocycles. The summed E-state index contributed by atoms with van der Waals surface area (Å²) in [6.07, 6.45) is 10.3. The maximum atomic E-state index is 12.0. The van der Waals surface area contributed by atoms with E-state index in [0.29, 0.717) is 18.9 Å². The number of carbonyl (C=O) groups excluding carboxylic acids is 1. The van der Waals surface area contributed by atoms with Crippen molar-refractivity contribution in [2.75, 3.05) is 32.8 Å². The van der Waals surface area contributed by atoms with Crippen molar-refractivity contribution in [3.8, 4) is 0 Å². The highest BCUT2D eigenvalue weighted by atomic mass is 16.5. The van der Waals surface area contributed by atoms with Gasteiger partial charge in [0.05, 0.1) is 12.4 Å². The van der Waals surface area contributed by atoms with Crippen LogP contribution in [0.2, 0.25) is 0 Å². The van der Waals surface area contributed by atoms with Crippen LogP contribution in [0.5, 0.6) is 0 Å². The van der Waals surface area contributed by atoms with Gasteiger partial charge < -0.3 is 14.5 Å². The smallest absolute Gasteiger partial charge is 0.220 e. The van der Waals surface area contributed by atoms with E-state index in [1.54, 1.807) is 6.26 Å². The summed E-state index contributed by atoms with van der Waals surface area (Å²) in [5, 5.41) is 3.03. The number of furan rings is 1. The molecule has 3 heterocycles. The van der Waals surface area contributed by atoms with Gasteiger partial charge in [-0.05, 0) is 76.2 Å². The number of nitrogens with zero attached hydrogens (tertiary/aromatic N) is 1. The molecule has 0 bridgehead atoms. The molecule has 0 spiro atoms. The van der Waals surface area contributed by atoms with Gasteiger partial charge in [-0.3, -0.25) is 9.69 Å². The Morgan fingerprint density at radius 3 is 2.88 bits per heavy atom. The second-order valence-corrected chi connectivity index (χ2v) is 7.70. The van der Waals surface area contributed by atoms with Crippen LogP contribution in [0.1, 0.15) is 51.2 Å². The molecule has 0 aliphatic carbocycles. The van der Waals surface area contributed by atoms with Crippen molar-refractivity contribution in [2.24, 2.45) is 5.92 Å². The topological polar surface area (TPSA) is 54.7 Å². The molecule has 5 heteroatoms. The number of likely N-dealkylation sites (tertiary alicyclic amines) is 1. The lowest BCUT2D eigenvalue weighted by molar-refractivity contribution is -0.122. The normalized spacial score (nSPS) is 22.7. The van der Waals surface area contributed by atoms with Crippen LogP contribution in [0.25, 0.3) is 6.08 Å². The van der Waals surface area contributed by atoms with Crippen molar-refractivity contribution in [1.29, 1.82) is 0 Å². The van der Waals surface area contributed by atoms with E-state index in [-0.39, 0.29) is 12.0 Å². The van der Waals surface area contributed by atoms with Crippen LogP contribution in [0, 0.1) is 5.92 Å². The Morgan fingerprint density at radius 2 is 2.19 bits per heavy atom. The quantitative estimate of drug-likeness (QED) is 0.771. The Bertz CT molecular complexity index is 568. The minimum atomic E-state index is 0.181. The lowest BCUT2D eigenvalue weighted by Gasteiger charge is -2.32. The van der Waals surface area contributed by atoms with E-state index in [1.165, 1.54) is 18.4 Å². The van der Waals surface area contributed by atoms with Gasteiger partial charge in [-0.15, -0.1) is 0 Å². The number of carbonyl (C=O) groups is 1. The molecule has 1 aromatic rings. The lowest BCUT2D eigenvalue weighted by Crippen LogP contribution is -2.35. The summed E-state index contributed by atoms with van der Waals surface area (Å²) in [5.41, 5.74) is 1.33. The minimum absolute atomic E-state index is 0.181. The molecular formula is C21H32N2O3. The average Bonchev–Trinajstić information content (AvgIpc) is 3.33. The summed E-state index contributed by atoms with van der Waals surface area (Å²) in [6.45, 7) is 6.91. The van der Waals surface area contributed by atoms with Crippen LogP contribution >= 0.6 is 0 Å². The fourth-order valence-electron chi connectivity index (χ4n) is 3.90. The van der Waals surface area contributed by atoms with Gasteiger partial charge in [-0.1, -0.05) is 5.57 Å². The van der Waals surface area contributed by atoms with Crippen molar-refractivity contribution in [2.45, 2.75) is 51.6 Å². The standard InChI is InChI=1S/C21H32N2O3/c1-17(14-19-4-2-12-25-19)16-23-10-8-18(9-11-23)6-7-21(24)22-15-20-5-3-13-26-20/h2,4,12,14,18,20H,3,5-11,13,15-16H2,1H3,(H,22,24)/b17-14+/t20-/m0/s1. The predicted octanol–water partition coefficient (Wildman–Crippen LogP) is 3.47. The molecule has 1 N–H and O–H groups in total. The largest absolute Gasteiger partial charge is 0.465 e. The monoisotopic (exact) mass is 360 g/mol. The lowest BCUT2D eigenvalue weighted by atomic mass is 9.92. The van der Waals surface area contributed by atoms with E-state index in [0.717, 1.165) is 51.3 Å². The summed E-state index contributed by atoms with van der Waals surface area (Å²) in [5.74, 6) is 1.78. The zero-order valence-electron chi connectivity index (χ0n) is 15.9. The molecular weight excluding hydrogens is 328 g/mol. The molecule has 2 fully saturated rings. The van der Waals surface area contributed by atoms with Crippen LogP contribution < -0.4 is 5.32 Å². The van der Waals surface area contributed by atoms with Crippen molar-refractivity contribution in [1.82, 2.24) is 10.2 Å². The molecule has 144 valence electrons. The van der Waals surface area contributed by atoms with Crippen molar-refractivity contribution in [3.05, 3.63) is 29.7 Å². The second kappa shape index (κ2) is 9.93. The van der Waals surface area contributed by atoms with Gasteiger partial charge >= 0.3 is 0 Å². The Labute approximate surface area is 156 Å². The zero-order valence-corrected chi connectivity index (χ0v) is 15.9. The summed E-state index contributed by atoms with van der Waals surface area (Å²) in [4.78, 5) is 14.5. The molecule has 0 radical (unpaired) electrons. The molecule has 2 aliphatic rings. The van der Waals surface area contributed by atoms with Gasteiger partial charge in [0.2, 0.25) is 5.91 Å². The molecule has 0 unspecified atom stereocenters. The molecule has 0 aromatic carbocycles. The van der Waals surface area contributed by atoms with Crippen molar-refractivity contribution >= 4 is 12.0 Å². The maximum absolute atomic E-state index is 12.0. The molecule has 26 heavy (non-hydrogen) atoms. The zero-order chi connectivity index (χ0) is 18.2. The first kappa shape index (κ1) is 19.2. The molecule has 1 atom stereocenters. The second-order valence-electron chi connectivity index (χ2n) is 7.70. The Kier molecular flexibility index (Phi) is 7.32.